The van der Waals surface area contributed by atoms with Crippen molar-refractivity contribution in [1.82, 2.24) is 4.90 Å². The zero-order valence-electron chi connectivity index (χ0n) is 8.49. The number of hydrogen-bond donors (Lipinski definition) is 1. The molecule has 1 saturated heterocycles. The van der Waals surface area contributed by atoms with Gasteiger partial charge < -0.3 is 4.90 Å². The van der Waals surface area contributed by atoms with Gasteiger partial charge in [-0.15, -0.1) is 0 Å². The Balaban J connectivity index is 2.52. The van der Waals surface area contributed by atoms with Crippen LogP contribution in [0.4, 0.5) is 0 Å². The van der Waals surface area contributed by atoms with Gasteiger partial charge in [0.15, 0.2) is 0 Å². The predicted molar refractivity (Wildman–Crippen MR) is 58.0 cm³/mol. The summed E-state index contributed by atoms with van der Waals surface area (Å²) in [6, 6.07) is 0.418. The molecule has 1 aliphatic rings. The zero-order chi connectivity index (χ0) is 9.84. The topological polar surface area (TPSA) is 20.3 Å². The standard InChI is InChI=1S/C10H19NOS/c1-8-4-3-6-11(9(8)2)10(12)5-7-13/h8-9,13H,3-7H2,1-2H3. The monoisotopic (exact) mass is 201 g/mol. The van der Waals surface area contributed by atoms with Crippen molar-refractivity contribution >= 4 is 18.5 Å². The maximum atomic E-state index is 11.6. The van der Waals surface area contributed by atoms with Crippen LogP contribution in [-0.4, -0.2) is 29.1 Å². The highest BCUT2D eigenvalue weighted by atomic mass is 32.1. The minimum absolute atomic E-state index is 0.272. The smallest absolute Gasteiger partial charge is 0.223 e. The van der Waals surface area contributed by atoms with Gasteiger partial charge in [0.1, 0.15) is 0 Å². The van der Waals surface area contributed by atoms with E-state index in [4.69, 9.17) is 0 Å². The molecule has 0 N–H and O–H groups in total. The Morgan fingerprint density at radius 3 is 2.85 bits per heavy atom. The molecule has 0 bridgehead atoms. The van der Waals surface area contributed by atoms with Gasteiger partial charge in [0.25, 0.3) is 0 Å². The first-order valence-electron chi connectivity index (χ1n) is 5.07. The van der Waals surface area contributed by atoms with Crippen LogP contribution in [0.25, 0.3) is 0 Å². The number of nitrogens with zero attached hydrogens (tertiary/aromatic N) is 1. The average Bonchev–Trinajstić information content (AvgIpc) is 2.10. The summed E-state index contributed by atoms with van der Waals surface area (Å²) >= 11 is 4.08. The second-order valence-corrected chi connectivity index (χ2v) is 4.37. The summed E-state index contributed by atoms with van der Waals surface area (Å²) in [6.45, 7) is 5.32. The van der Waals surface area contributed by atoms with Crippen molar-refractivity contribution in [3.05, 3.63) is 0 Å². The first kappa shape index (κ1) is 10.9. The molecular formula is C10H19NOS. The zero-order valence-corrected chi connectivity index (χ0v) is 9.39. The van der Waals surface area contributed by atoms with Gasteiger partial charge in [0, 0.05) is 19.0 Å². The third-order valence-electron chi connectivity index (χ3n) is 3.02. The Hall–Kier alpha value is -0.180. The second kappa shape index (κ2) is 4.89. The molecule has 1 fully saturated rings. The van der Waals surface area contributed by atoms with Gasteiger partial charge in [0.2, 0.25) is 5.91 Å². The SMILES string of the molecule is CC1CCCN(C(=O)CCS)C1C. The van der Waals surface area contributed by atoms with Gasteiger partial charge in [-0.1, -0.05) is 6.92 Å². The van der Waals surface area contributed by atoms with Crippen molar-refractivity contribution in [1.29, 1.82) is 0 Å². The first-order valence-corrected chi connectivity index (χ1v) is 5.70. The molecule has 0 aromatic rings. The summed E-state index contributed by atoms with van der Waals surface area (Å²) in [6.07, 6.45) is 3.00. The van der Waals surface area contributed by atoms with Crippen molar-refractivity contribution < 1.29 is 4.79 Å². The van der Waals surface area contributed by atoms with E-state index in [0.717, 1.165) is 13.0 Å². The van der Waals surface area contributed by atoms with Gasteiger partial charge in [-0.3, -0.25) is 4.79 Å². The van der Waals surface area contributed by atoms with E-state index in [-0.39, 0.29) is 5.91 Å². The quantitative estimate of drug-likeness (QED) is 0.677. The predicted octanol–water partition coefficient (Wildman–Crippen LogP) is 1.95. The van der Waals surface area contributed by atoms with Gasteiger partial charge in [-0.25, -0.2) is 0 Å². The van der Waals surface area contributed by atoms with E-state index in [1.165, 1.54) is 6.42 Å². The molecule has 0 radical (unpaired) electrons. The molecule has 1 aliphatic heterocycles. The summed E-state index contributed by atoms with van der Waals surface area (Å²) in [5.74, 6) is 1.59. The van der Waals surface area contributed by atoms with Crippen molar-refractivity contribution in [2.45, 2.75) is 39.2 Å². The van der Waals surface area contributed by atoms with E-state index in [9.17, 15) is 4.79 Å². The molecular weight excluding hydrogens is 182 g/mol. The number of rotatable bonds is 2. The molecule has 0 aromatic carbocycles. The maximum Gasteiger partial charge on any atom is 0.223 e. The van der Waals surface area contributed by atoms with E-state index in [1.807, 2.05) is 4.90 Å². The highest BCUT2D eigenvalue weighted by Crippen LogP contribution is 2.23. The van der Waals surface area contributed by atoms with Crippen molar-refractivity contribution in [2.24, 2.45) is 5.92 Å². The maximum absolute atomic E-state index is 11.6. The van der Waals surface area contributed by atoms with Gasteiger partial charge >= 0.3 is 0 Å². The lowest BCUT2D eigenvalue weighted by Crippen LogP contribution is -2.46. The van der Waals surface area contributed by atoms with E-state index >= 15 is 0 Å². The minimum atomic E-state index is 0.272. The van der Waals surface area contributed by atoms with Gasteiger partial charge in [0.05, 0.1) is 0 Å². The number of carbonyl (C=O) groups excluding carboxylic acids is 1. The minimum Gasteiger partial charge on any atom is -0.340 e. The molecule has 1 heterocycles. The Labute approximate surface area is 86.1 Å². The highest BCUT2D eigenvalue weighted by Gasteiger charge is 2.27. The van der Waals surface area contributed by atoms with E-state index in [0.29, 0.717) is 24.1 Å². The fourth-order valence-electron chi connectivity index (χ4n) is 1.93. The summed E-state index contributed by atoms with van der Waals surface area (Å²) in [5, 5.41) is 0. The van der Waals surface area contributed by atoms with Crippen LogP contribution >= 0.6 is 12.6 Å². The van der Waals surface area contributed by atoms with Crippen LogP contribution in [0.5, 0.6) is 0 Å². The van der Waals surface area contributed by atoms with Gasteiger partial charge in [-0.05, 0) is 31.4 Å². The fourth-order valence-corrected chi connectivity index (χ4v) is 2.12. The molecule has 0 saturated carbocycles. The summed E-state index contributed by atoms with van der Waals surface area (Å²) < 4.78 is 0. The Morgan fingerprint density at radius 1 is 1.54 bits per heavy atom. The second-order valence-electron chi connectivity index (χ2n) is 3.92. The molecule has 0 aromatic heterocycles. The lowest BCUT2D eigenvalue weighted by atomic mass is 9.92. The van der Waals surface area contributed by atoms with E-state index < -0.39 is 0 Å². The Kier molecular flexibility index (Phi) is 4.10. The molecule has 1 rings (SSSR count). The lowest BCUT2D eigenvalue weighted by Gasteiger charge is -2.38. The molecule has 0 aliphatic carbocycles. The number of thiol groups is 1. The van der Waals surface area contributed by atoms with Crippen LogP contribution in [-0.2, 0) is 4.79 Å². The van der Waals surface area contributed by atoms with Crippen molar-refractivity contribution in [3.63, 3.8) is 0 Å². The van der Waals surface area contributed by atoms with Gasteiger partial charge in [-0.2, -0.15) is 12.6 Å². The van der Waals surface area contributed by atoms with Crippen LogP contribution in [0, 0.1) is 5.92 Å². The number of carbonyl (C=O) groups is 1. The molecule has 76 valence electrons. The normalized spacial score (nSPS) is 29.0. The Morgan fingerprint density at radius 2 is 2.23 bits per heavy atom. The third-order valence-corrected chi connectivity index (χ3v) is 3.24. The van der Waals surface area contributed by atoms with Crippen LogP contribution in [0.15, 0.2) is 0 Å². The lowest BCUT2D eigenvalue weighted by molar-refractivity contribution is -0.135. The largest absolute Gasteiger partial charge is 0.340 e. The van der Waals surface area contributed by atoms with E-state index in [2.05, 4.69) is 26.5 Å². The van der Waals surface area contributed by atoms with Crippen LogP contribution in [0.1, 0.15) is 33.1 Å². The summed E-state index contributed by atoms with van der Waals surface area (Å²) in [7, 11) is 0. The highest BCUT2D eigenvalue weighted by molar-refractivity contribution is 7.80. The van der Waals surface area contributed by atoms with Crippen LogP contribution < -0.4 is 0 Å². The third kappa shape index (κ3) is 2.63. The number of hydrogen-bond acceptors (Lipinski definition) is 2. The molecule has 0 spiro atoms. The van der Waals surface area contributed by atoms with Crippen molar-refractivity contribution in [3.8, 4) is 0 Å². The van der Waals surface area contributed by atoms with Crippen LogP contribution in [0.3, 0.4) is 0 Å². The number of amides is 1. The molecule has 13 heavy (non-hydrogen) atoms. The molecule has 3 heteroatoms. The summed E-state index contributed by atoms with van der Waals surface area (Å²) in [4.78, 5) is 13.6. The average molecular weight is 201 g/mol. The van der Waals surface area contributed by atoms with Crippen LogP contribution in [0.2, 0.25) is 0 Å². The van der Waals surface area contributed by atoms with Crippen molar-refractivity contribution in [2.75, 3.05) is 12.3 Å². The first-order chi connectivity index (χ1) is 6.16. The summed E-state index contributed by atoms with van der Waals surface area (Å²) in [5.41, 5.74) is 0. The molecule has 2 atom stereocenters. The fraction of sp³-hybridized carbons (Fsp3) is 0.900. The number of piperidine rings is 1. The van der Waals surface area contributed by atoms with E-state index in [1.54, 1.807) is 0 Å². The molecule has 2 nitrogen and oxygen atoms in total. The number of likely N-dealkylation sites (tertiary alicyclic amines) is 1. The Bertz CT molecular complexity index is 184. The molecule has 1 amide bonds. The molecule has 2 unspecified atom stereocenters.